The lowest BCUT2D eigenvalue weighted by Crippen LogP contribution is -2.44. The molecule has 2 N–H and O–H groups in total. The minimum Gasteiger partial charge on any atom is -0.354 e. The predicted octanol–water partition coefficient (Wildman–Crippen LogP) is 4.30. The van der Waals surface area contributed by atoms with Crippen molar-refractivity contribution in [1.82, 2.24) is 15.6 Å². The zero-order valence-electron chi connectivity index (χ0n) is 15.0. The van der Waals surface area contributed by atoms with Crippen LogP contribution in [-0.4, -0.2) is 24.0 Å². The highest BCUT2D eigenvalue weighted by Crippen LogP contribution is 2.24. The summed E-state index contributed by atoms with van der Waals surface area (Å²) < 4.78 is 0. The van der Waals surface area contributed by atoms with Gasteiger partial charge in [0.2, 0.25) is 0 Å². The summed E-state index contributed by atoms with van der Waals surface area (Å²) in [5.41, 5.74) is 1.28. The average Bonchev–Trinajstić information content (AvgIpc) is 2.92. The van der Waals surface area contributed by atoms with E-state index in [0.717, 1.165) is 23.4 Å². The minimum atomic E-state index is 0. The molecule has 4 nitrogen and oxygen atoms in total. The van der Waals surface area contributed by atoms with Gasteiger partial charge in [0, 0.05) is 23.9 Å². The third-order valence-electron chi connectivity index (χ3n) is 4.23. The highest BCUT2D eigenvalue weighted by molar-refractivity contribution is 14.0. The van der Waals surface area contributed by atoms with E-state index in [1.165, 1.54) is 31.4 Å². The van der Waals surface area contributed by atoms with E-state index in [-0.39, 0.29) is 29.4 Å². The molecule has 0 spiro atoms. The van der Waals surface area contributed by atoms with Gasteiger partial charge in [-0.15, -0.1) is 35.3 Å². The molecular weight excluding hydrogens is 419 g/mol. The molecule has 1 aromatic heterocycles. The molecule has 0 aromatic carbocycles. The normalized spacial score (nSPS) is 22.4. The molecule has 2 unspecified atom stereocenters. The lowest BCUT2D eigenvalue weighted by molar-refractivity contribution is 0.324. The number of hydrogen-bond donors (Lipinski definition) is 2. The summed E-state index contributed by atoms with van der Waals surface area (Å²) in [6.45, 7) is 9.67. The van der Waals surface area contributed by atoms with Gasteiger partial charge in [-0.1, -0.05) is 40.5 Å². The van der Waals surface area contributed by atoms with Gasteiger partial charge in [0.05, 0.1) is 12.2 Å². The maximum atomic E-state index is 4.72. The van der Waals surface area contributed by atoms with Crippen LogP contribution < -0.4 is 10.6 Å². The van der Waals surface area contributed by atoms with Gasteiger partial charge < -0.3 is 10.6 Å². The molecule has 0 saturated heterocycles. The second-order valence-electron chi connectivity index (χ2n) is 7.42. The van der Waals surface area contributed by atoms with Crippen molar-refractivity contribution < 1.29 is 0 Å². The Bertz CT molecular complexity index is 507. The average molecular weight is 450 g/mol. The van der Waals surface area contributed by atoms with Crippen LogP contribution in [0.25, 0.3) is 0 Å². The monoisotopic (exact) mass is 450 g/mol. The number of guanidine groups is 1. The maximum Gasteiger partial charge on any atom is 0.191 e. The topological polar surface area (TPSA) is 49.3 Å². The van der Waals surface area contributed by atoms with E-state index in [4.69, 9.17) is 4.98 Å². The molecular formula is C17H31IN4S. The van der Waals surface area contributed by atoms with Crippen LogP contribution in [0, 0.1) is 5.92 Å². The maximum absolute atomic E-state index is 4.72. The largest absolute Gasteiger partial charge is 0.354 e. The molecule has 1 saturated carbocycles. The molecule has 1 aromatic rings. The van der Waals surface area contributed by atoms with Gasteiger partial charge in [-0.2, -0.15) is 0 Å². The minimum absolute atomic E-state index is 0. The van der Waals surface area contributed by atoms with E-state index in [9.17, 15) is 0 Å². The summed E-state index contributed by atoms with van der Waals surface area (Å²) in [7, 11) is 1.84. The Morgan fingerprint density at radius 2 is 2.13 bits per heavy atom. The third-order valence-corrected chi connectivity index (χ3v) is 5.08. The Kier molecular flexibility index (Phi) is 8.27. The van der Waals surface area contributed by atoms with Crippen molar-refractivity contribution in [2.45, 2.75) is 71.4 Å². The SMILES string of the molecule is CN=C(NCc1nc(C(C)(C)C)cs1)NC1CCCC(C)C1.I. The summed E-state index contributed by atoms with van der Waals surface area (Å²) >= 11 is 1.72. The van der Waals surface area contributed by atoms with Crippen molar-refractivity contribution in [2.75, 3.05) is 7.05 Å². The molecule has 0 bridgehead atoms. The lowest BCUT2D eigenvalue weighted by Gasteiger charge is -2.28. The molecule has 1 heterocycles. The van der Waals surface area contributed by atoms with E-state index in [1.807, 2.05) is 7.05 Å². The van der Waals surface area contributed by atoms with Crippen molar-refractivity contribution in [3.05, 3.63) is 16.1 Å². The number of halogens is 1. The Balaban J connectivity index is 0.00000264. The van der Waals surface area contributed by atoms with Crippen LogP contribution >= 0.6 is 35.3 Å². The number of thiazole rings is 1. The number of nitrogens with one attached hydrogen (secondary N) is 2. The van der Waals surface area contributed by atoms with Crippen LogP contribution in [0.1, 0.15) is 64.1 Å². The van der Waals surface area contributed by atoms with Gasteiger partial charge in [0.1, 0.15) is 5.01 Å². The first-order valence-electron chi connectivity index (χ1n) is 8.30. The van der Waals surface area contributed by atoms with Crippen molar-refractivity contribution in [2.24, 2.45) is 10.9 Å². The second kappa shape index (κ2) is 9.20. The quantitative estimate of drug-likeness (QED) is 0.410. The van der Waals surface area contributed by atoms with Crippen molar-refractivity contribution in [3.63, 3.8) is 0 Å². The Morgan fingerprint density at radius 1 is 1.39 bits per heavy atom. The van der Waals surface area contributed by atoms with Crippen LogP contribution in [0.3, 0.4) is 0 Å². The van der Waals surface area contributed by atoms with Gasteiger partial charge in [0.25, 0.3) is 0 Å². The van der Waals surface area contributed by atoms with Crippen LogP contribution in [0.15, 0.2) is 10.4 Å². The van der Waals surface area contributed by atoms with Gasteiger partial charge >= 0.3 is 0 Å². The Labute approximate surface area is 162 Å². The van der Waals surface area contributed by atoms with Crippen LogP contribution in [0.5, 0.6) is 0 Å². The lowest BCUT2D eigenvalue weighted by atomic mass is 9.87. The number of hydrogen-bond acceptors (Lipinski definition) is 3. The van der Waals surface area contributed by atoms with Crippen LogP contribution in [0.2, 0.25) is 0 Å². The van der Waals surface area contributed by atoms with Crippen molar-refractivity contribution in [1.29, 1.82) is 0 Å². The third kappa shape index (κ3) is 6.57. The highest BCUT2D eigenvalue weighted by Gasteiger charge is 2.20. The van der Waals surface area contributed by atoms with E-state index in [2.05, 4.69) is 48.7 Å². The number of nitrogens with zero attached hydrogens (tertiary/aromatic N) is 2. The predicted molar refractivity (Wildman–Crippen MR) is 111 cm³/mol. The molecule has 1 aliphatic rings. The summed E-state index contributed by atoms with van der Waals surface area (Å²) in [4.78, 5) is 9.07. The number of aliphatic imine (C=N–C) groups is 1. The first-order chi connectivity index (χ1) is 10.4. The van der Waals surface area contributed by atoms with E-state index < -0.39 is 0 Å². The summed E-state index contributed by atoms with van der Waals surface area (Å²) in [5.74, 6) is 1.71. The molecule has 1 fully saturated rings. The number of aromatic nitrogens is 1. The smallest absolute Gasteiger partial charge is 0.191 e. The first kappa shape index (κ1) is 20.7. The summed E-state index contributed by atoms with van der Waals surface area (Å²) in [5, 5.41) is 10.2. The molecule has 132 valence electrons. The molecule has 1 aliphatic carbocycles. The van der Waals surface area contributed by atoms with Gasteiger partial charge in [0.15, 0.2) is 5.96 Å². The zero-order valence-corrected chi connectivity index (χ0v) is 18.1. The summed E-state index contributed by atoms with van der Waals surface area (Å²) in [6, 6.07) is 0.552. The Hall–Kier alpha value is -0.370. The van der Waals surface area contributed by atoms with Crippen LogP contribution in [-0.2, 0) is 12.0 Å². The fraction of sp³-hybridized carbons (Fsp3) is 0.765. The van der Waals surface area contributed by atoms with Crippen molar-refractivity contribution >= 4 is 41.3 Å². The molecule has 6 heteroatoms. The molecule has 2 atom stereocenters. The summed E-state index contributed by atoms with van der Waals surface area (Å²) in [6.07, 6.45) is 5.17. The standard InChI is InChI=1S/C17H30N4S.HI/c1-12-7-6-8-13(9-12)20-16(18-5)19-10-15-21-14(11-22-15)17(2,3)4;/h11-13H,6-10H2,1-5H3,(H2,18,19,20);1H. The van der Waals surface area contributed by atoms with Gasteiger partial charge in [-0.3, -0.25) is 4.99 Å². The van der Waals surface area contributed by atoms with E-state index in [0.29, 0.717) is 6.04 Å². The fourth-order valence-electron chi connectivity index (χ4n) is 2.85. The molecule has 0 radical (unpaired) electrons. The number of rotatable bonds is 3. The fourth-order valence-corrected chi connectivity index (χ4v) is 3.81. The van der Waals surface area contributed by atoms with E-state index >= 15 is 0 Å². The van der Waals surface area contributed by atoms with Gasteiger partial charge in [-0.05, 0) is 18.8 Å². The first-order valence-corrected chi connectivity index (χ1v) is 9.18. The molecule has 23 heavy (non-hydrogen) atoms. The highest BCUT2D eigenvalue weighted by atomic mass is 127. The van der Waals surface area contributed by atoms with E-state index in [1.54, 1.807) is 11.3 Å². The molecule has 2 rings (SSSR count). The Morgan fingerprint density at radius 3 is 2.70 bits per heavy atom. The molecule has 0 aliphatic heterocycles. The zero-order chi connectivity index (χ0) is 16.2. The molecule has 0 amide bonds. The van der Waals surface area contributed by atoms with Crippen LogP contribution in [0.4, 0.5) is 0 Å². The van der Waals surface area contributed by atoms with Crippen molar-refractivity contribution in [3.8, 4) is 0 Å². The second-order valence-corrected chi connectivity index (χ2v) is 8.36. The van der Waals surface area contributed by atoms with Gasteiger partial charge in [-0.25, -0.2) is 4.98 Å².